The standard InChI is InChI=1S/C25H22FN3O2/c1-29-16-15-27-23(29)17-31-22-13-9-20(10-14-22)25(30)28-24(18-5-3-2-4-6-18)19-7-11-21(26)12-8-19/h2-16,24H,17H2,1H3,(H,28,30). The van der Waals surface area contributed by atoms with Crippen LogP contribution < -0.4 is 10.1 Å². The second-order valence-electron chi connectivity index (χ2n) is 7.14. The van der Waals surface area contributed by atoms with Gasteiger partial charge < -0.3 is 14.6 Å². The van der Waals surface area contributed by atoms with Crippen LogP contribution in [-0.4, -0.2) is 15.5 Å². The third-order valence-electron chi connectivity index (χ3n) is 5.02. The Morgan fingerprint density at radius 3 is 2.32 bits per heavy atom. The molecule has 1 amide bonds. The van der Waals surface area contributed by atoms with Crippen molar-refractivity contribution in [1.29, 1.82) is 0 Å². The van der Waals surface area contributed by atoms with Crippen LogP contribution in [0.5, 0.6) is 5.75 Å². The summed E-state index contributed by atoms with van der Waals surface area (Å²) in [5, 5.41) is 3.05. The molecular formula is C25H22FN3O2. The minimum absolute atomic E-state index is 0.228. The third-order valence-corrected chi connectivity index (χ3v) is 5.02. The Morgan fingerprint density at radius 1 is 1.00 bits per heavy atom. The van der Waals surface area contributed by atoms with E-state index >= 15 is 0 Å². The van der Waals surface area contributed by atoms with Crippen LogP contribution in [-0.2, 0) is 13.7 Å². The first-order chi connectivity index (χ1) is 15.1. The van der Waals surface area contributed by atoms with Gasteiger partial charge in [-0.25, -0.2) is 9.37 Å². The number of rotatable bonds is 7. The van der Waals surface area contributed by atoms with Gasteiger partial charge in [-0.15, -0.1) is 0 Å². The molecule has 0 radical (unpaired) electrons. The fourth-order valence-corrected chi connectivity index (χ4v) is 3.26. The number of hydrogen-bond acceptors (Lipinski definition) is 3. The lowest BCUT2D eigenvalue weighted by Gasteiger charge is -2.20. The molecule has 3 aromatic carbocycles. The number of nitrogens with zero attached hydrogens (tertiary/aromatic N) is 2. The van der Waals surface area contributed by atoms with Crippen LogP contribution in [0.1, 0.15) is 33.4 Å². The van der Waals surface area contributed by atoms with E-state index in [2.05, 4.69) is 10.3 Å². The Balaban J connectivity index is 1.48. The highest BCUT2D eigenvalue weighted by molar-refractivity contribution is 5.94. The molecule has 6 heteroatoms. The molecule has 1 unspecified atom stereocenters. The summed E-state index contributed by atoms with van der Waals surface area (Å²) in [5.41, 5.74) is 2.22. The number of hydrogen-bond donors (Lipinski definition) is 1. The van der Waals surface area contributed by atoms with Gasteiger partial charge in [0.05, 0.1) is 6.04 Å². The monoisotopic (exact) mass is 415 g/mol. The van der Waals surface area contributed by atoms with Crippen molar-refractivity contribution in [3.05, 3.63) is 120 Å². The first kappa shape index (κ1) is 20.3. The lowest BCUT2D eigenvalue weighted by molar-refractivity contribution is 0.0943. The molecule has 31 heavy (non-hydrogen) atoms. The van der Waals surface area contributed by atoms with Crippen molar-refractivity contribution in [2.24, 2.45) is 7.05 Å². The number of imidazole rings is 1. The summed E-state index contributed by atoms with van der Waals surface area (Å²) < 4.78 is 21.0. The molecule has 0 aliphatic carbocycles. The van der Waals surface area contributed by atoms with Crippen LogP contribution in [0, 0.1) is 5.82 Å². The average molecular weight is 415 g/mol. The normalized spacial score (nSPS) is 11.7. The van der Waals surface area contributed by atoms with Gasteiger partial charge in [0.25, 0.3) is 5.91 Å². The molecule has 4 aromatic rings. The molecule has 1 N–H and O–H groups in total. The fraction of sp³-hybridized carbons (Fsp3) is 0.120. The van der Waals surface area contributed by atoms with Crippen molar-refractivity contribution in [1.82, 2.24) is 14.9 Å². The molecule has 1 aromatic heterocycles. The lowest BCUT2D eigenvalue weighted by Crippen LogP contribution is -2.29. The second-order valence-corrected chi connectivity index (χ2v) is 7.14. The number of nitrogens with one attached hydrogen (secondary N) is 1. The van der Waals surface area contributed by atoms with Gasteiger partial charge in [-0.05, 0) is 47.5 Å². The number of aromatic nitrogens is 2. The predicted molar refractivity (Wildman–Crippen MR) is 116 cm³/mol. The van der Waals surface area contributed by atoms with E-state index in [1.807, 2.05) is 48.1 Å². The van der Waals surface area contributed by atoms with Crippen LogP contribution in [0.4, 0.5) is 4.39 Å². The summed E-state index contributed by atoms with van der Waals surface area (Å²) in [6.07, 6.45) is 3.58. The van der Waals surface area contributed by atoms with E-state index in [4.69, 9.17) is 4.74 Å². The number of carbonyl (C=O) groups excluding carboxylic acids is 1. The second kappa shape index (κ2) is 9.26. The molecule has 0 spiro atoms. The van der Waals surface area contributed by atoms with Gasteiger partial charge in [-0.2, -0.15) is 0 Å². The van der Waals surface area contributed by atoms with Gasteiger partial charge in [0.2, 0.25) is 0 Å². The van der Waals surface area contributed by atoms with Crippen molar-refractivity contribution in [3.63, 3.8) is 0 Å². The maximum Gasteiger partial charge on any atom is 0.252 e. The van der Waals surface area contributed by atoms with Gasteiger partial charge in [0.15, 0.2) is 0 Å². The van der Waals surface area contributed by atoms with E-state index in [0.717, 1.165) is 17.0 Å². The Hall–Kier alpha value is -3.93. The molecule has 0 fully saturated rings. The minimum Gasteiger partial charge on any atom is -0.486 e. The van der Waals surface area contributed by atoms with E-state index in [-0.39, 0.29) is 11.7 Å². The lowest BCUT2D eigenvalue weighted by atomic mass is 9.98. The smallest absolute Gasteiger partial charge is 0.252 e. The molecule has 0 saturated heterocycles. The molecule has 4 rings (SSSR count). The van der Waals surface area contributed by atoms with Crippen molar-refractivity contribution in [2.75, 3.05) is 0 Å². The fourth-order valence-electron chi connectivity index (χ4n) is 3.26. The van der Waals surface area contributed by atoms with Crippen molar-refractivity contribution >= 4 is 5.91 Å². The summed E-state index contributed by atoms with van der Waals surface area (Å²) in [6.45, 7) is 0.343. The van der Waals surface area contributed by atoms with E-state index in [0.29, 0.717) is 17.9 Å². The van der Waals surface area contributed by atoms with E-state index in [9.17, 15) is 9.18 Å². The number of amides is 1. The highest BCUT2D eigenvalue weighted by atomic mass is 19.1. The van der Waals surface area contributed by atoms with Crippen LogP contribution in [0.25, 0.3) is 0 Å². The van der Waals surface area contributed by atoms with E-state index in [1.165, 1.54) is 12.1 Å². The highest BCUT2D eigenvalue weighted by Gasteiger charge is 2.18. The molecule has 5 nitrogen and oxygen atoms in total. The summed E-state index contributed by atoms with van der Waals surface area (Å²) in [4.78, 5) is 17.2. The molecule has 0 aliphatic rings. The average Bonchev–Trinajstić information content (AvgIpc) is 3.22. The third kappa shape index (κ3) is 4.98. The molecule has 1 atom stereocenters. The number of halogens is 1. The van der Waals surface area contributed by atoms with Crippen LogP contribution in [0.3, 0.4) is 0 Å². The Morgan fingerprint density at radius 2 is 1.68 bits per heavy atom. The Kier molecular flexibility index (Phi) is 6.08. The summed E-state index contributed by atoms with van der Waals surface area (Å²) in [5.74, 6) is 0.918. The maximum atomic E-state index is 13.4. The largest absolute Gasteiger partial charge is 0.486 e. The summed E-state index contributed by atoms with van der Waals surface area (Å²) in [7, 11) is 1.91. The molecule has 0 saturated carbocycles. The molecule has 0 bridgehead atoms. The first-order valence-electron chi connectivity index (χ1n) is 9.90. The van der Waals surface area contributed by atoms with Crippen LogP contribution in [0.15, 0.2) is 91.3 Å². The Bertz CT molecular complexity index is 1140. The topological polar surface area (TPSA) is 56.2 Å². The van der Waals surface area contributed by atoms with E-state index < -0.39 is 6.04 Å². The molecular weight excluding hydrogens is 393 g/mol. The zero-order valence-electron chi connectivity index (χ0n) is 17.0. The first-order valence-corrected chi connectivity index (χ1v) is 9.90. The quantitative estimate of drug-likeness (QED) is 0.478. The van der Waals surface area contributed by atoms with Gasteiger partial charge in [-0.1, -0.05) is 42.5 Å². The maximum absolute atomic E-state index is 13.4. The van der Waals surface area contributed by atoms with Gasteiger partial charge in [0.1, 0.15) is 24.0 Å². The van der Waals surface area contributed by atoms with Gasteiger partial charge in [0, 0.05) is 25.0 Å². The minimum atomic E-state index is -0.395. The zero-order chi connectivity index (χ0) is 21.6. The molecule has 156 valence electrons. The number of carbonyl (C=O) groups is 1. The number of benzene rings is 3. The summed E-state index contributed by atoms with van der Waals surface area (Å²) in [6, 6.07) is 22.3. The van der Waals surface area contributed by atoms with Gasteiger partial charge >= 0.3 is 0 Å². The molecule has 0 aliphatic heterocycles. The van der Waals surface area contributed by atoms with E-state index in [1.54, 1.807) is 42.6 Å². The highest BCUT2D eigenvalue weighted by Crippen LogP contribution is 2.23. The zero-order valence-corrected chi connectivity index (χ0v) is 17.0. The Labute approximate surface area is 180 Å². The number of aryl methyl sites for hydroxylation is 1. The van der Waals surface area contributed by atoms with Gasteiger partial charge in [-0.3, -0.25) is 4.79 Å². The van der Waals surface area contributed by atoms with Crippen LogP contribution in [0.2, 0.25) is 0 Å². The molecule has 1 heterocycles. The van der Waals surface area contributed by atoms with Crippen LogP contribution >= 0.6 is 0 Å². The summed E-state index contributed by atoms with van der Waals surface area (Å²) >= 11 is 0. The van der Waals surface area contributed by atoms with Crippen molar-refractivity contribution < 1.29 is 13.9 Å². The van der Waals surface area contributed by atoms with Crippen molar-refractivity contribution in [2.45, 2.75) is 12.6 Å². The SMILES string of the molecule is Cn1ccnc1COc1ccc(C(=O)NC(c2ccccc2)c2ccc(F)cc2)cc1. The predicted octanol–water partition coefficient (Wildman–Crippen LogP) is 4.66. The number of ether oxygens (including phenoxy) is 1. The van der Waals surface area contributed by atoms with Crippen molar-refractivity contribution in [3.8, 4) is 5.75 Å².